The van der Waals surface area contributed by atoms with Gasteiger partial charge in [0.2, 0.25) is 6.41 Å². The van der Waals surface area contributed by atoms with Gasteiger partial charge in [0.25, 0.3) is 0 Å². The maximum atomic E-state index is 9.22. The van der Waals surface area contributed by atoms with E-state index < -0.39 is 0 Å². The molecule has 3 nitrogen and oxygen atoms in total. The summed E-state index contributed by atoms with van der Waals surface area (Å²) < 4.78 is 0. The van der Waals surface area contributed by atoms with Gasteiger partial charge < -0.3 is 11.1 Å². The second-order valence-corrected chi connectivity index (χ2v) is 0.724. The van der Waals surface area contributed by atoms with E-state index >= 15 is 0 Å². The van der Waals surface area contributed by atoms with Gasteiger partial charge in [-0.1, -0.05) is 13.2 Å². The largest absolute Gasteiger partial charge is 0.405 e. The summed E-state index contributed by atoms with van der Waals surface area (Å²) in [5, 5.41) is 2.19. The van der Waals surface area contributed by atoms with E-state index in [1.165, 1.54) is 12.4 Å². The first-order valence-electron chi connectivity index (χ1n) is 1.96. The van der Waals surface area contributed by atoms with Gasteiger partial charge in [0, 0.05) is 0 Å². The van der Waals surface area contributed by atoms with Crippen molar-refractivity contribution in [1.82, 2.24) is 5.32 Å². The molecule has 0 heterocycles. The molecule has 4 heteroatoms. The van der Waals surface area contributed by atoms with Crippen LogP contribution < -0.4 is 11.1 Å². The molecule has 9 heavy (non-hydrogen) atoms. The van der Waals surface area contributed by atoms with Crippen molar-refractivity contribution in [2.24, 2.45) is 5.73 Å². The second-order valence-electron chi connectivity index (χ2n) is 0.724. The normalized spacial score (nSPS) is 4.44. The fourth-order valence-corrected chi connectivity index (χ4v) is 0.0481. The number of halogens is 1. The average Bonchev–Trinajstić information content (AvgIpc) is 1.71. The van der Waals surface area contributed by atoms with Crippen LogP contribution >= 0.6 is 12.4 Å². The van der Waals surface area contributed by atoms with E-state index in [1.54, 1.807) is 0 Å². The van der Waals surface area contributed by atoms with Crippen molar-refractivity contribution in [3.8, 4) is 0 Å². The van der Waals surface area contributed by atoms with Gasteiger partial charge in [-0.3, -0.25) is 4.79 Å². The zero-order valence-electron chi connectivity index (χ0n) is 5.04. The second kappa shape index (κ2) is 27.8. The number of nitrogens with two attached hydrogens (primary N) is 1. The Bertz CT molecular complexity index is 69.4. The van der Waals surface area contributed by atoms with Crippen LogP contribution in [0.2, 0.25) is 0 Å². The first kappa shape index (κ1) is 15.7. The third-order valence-corrected chi connectivity index (χ3v) is 0.186. The zero-order chi connectivity index (χ0) is 6.83. The first-order valence-corrected chi connectivity index (χ1v) is 1.96. The summed E-state index contributed by atoms with van der Waals surface area (Å²) in [5.74, 6) is 0. The Morgan fingerprint density at radius 1 is 1.44 bits per heavy atom. The summed E-state index contributed by atoms with van der Waals surface area (Å²) >= 11 is 0. The van der Waals surface area contributed by atoms with Crippen molar-refractivity contribution in [3.63, 3.8) is 0 Å². The maximum Gasteiger partial charge on any atom is 0.211 e. The van der Waals surface area contributed by atoms with Crippen LogP contribution in [0.1, 0.15) is 0 Å². The molecule has 0 bridgehead atoms. The molecule has 0 saturated carbocycles. The van der Waals surface area contributed by atoms with Crippen LogP contribution in [0.5, 0.6) is 0 Å². The number of carbonyl (C=O) groups is 1. The molecule has 0 aliphatic rings. The Kier molecular flexibility index (Phi) is 48.4. The van der Waals surface area contributed by atoms with Gasteiger partial charge in [-0.15, -0.1) is 12.4 Å². The van der Waals surface area contributed by atoms with Crippen LogP contribution in [0.25, 0.3) is 0 Å². The van der Waals surface area contributed by atoms with Gasteiger partial charge in [0.15, 0.2) is 0 Å². The molecule has 0 aliphatic heterocycles. The summed E-state index contributed by atoms with van der Waals surface area (Å²) in [6, 6.07) is 0. The molecule has 0 saturated heterocycles. The fourth-order valence-electron chi connectivity index (χ4n) is 0.0481. The van der Waals surface area contributed by atoms with Crippen LogP contribution in [0, 0.1) is 0 Å². The van der Waals surface area contributed by atoms with Gasteiger partial charge in [0.1, 0.15) is 0 Å². The molecular weight excluding hydrogens is 140 g/mol. The Morgan fingerprint density at radius 2 is 1.78 bits per heavy atom. The number of amides is 1. The summed E-state index contributed by atoms with van der Waals surface area (Å²) in [6.45, 7) is 6.35. The third kappa shape index (κ3) is 165. The topological polar surface area (TPSA) is 55.1 Å². The molecule has 0 aromatic heterocycles. The van der Waals surface area contributed by atoms with Crippen LogP contribution in [0.15, 0.2) is 25.6 Å². The molecule has 0 atom stereocenters. The van der Waals surface area contributed by atoms with Crippen LogP contribution in [0.3, 0.4) is 0 Å². The summed E-state index contributed by atoms with van der Waals surface area (Å²) in [4.78, 5) is 9.22. The molecule has 54 valence electrons. The summed E-state index contributed by atoms with van der Waals surface area (Å²) in [5.41, 5.74) is 4.61. The monoisotopic (exact) mass is 150 g/mol. The molecule has 0 aliphatic carbocycles. The van der Waals surface area contributed by atoms with Crippen molar-refractivity contribution in [3.05, 3.63) is 25.6 Å². The lowest BCUT2D eigenvalue weighted by Gasteiger charge is -1.70. The first-order chi connectivity index (χ1) is 3.83. The Labute approximate surface area is 61.0 Å². The molecule has 0 unspecified atom stereocenters. The number of carbonyl (C=O) groups excluding carboxylic acids is 1. The standard InChI is InChI=1S/C3H5NO.C2H5N.ClH/c1-2-4-3-5;1-2-3;/h2-3H,1H2,(H,4,5);2H,1,3H2;1H. The third-order valence-electron chi connectivity index (χ3n) is 0.186. The van der Waals surface area contributed by atoms with E-state index in [0.29, 0.717) is 6.41 Å². The highest BCUT2D eigenvalue weighted by Crippen LogP contribution is 1.35. The molecular formula is C5H11ClN2O. The highest BCUT2D eigenvalue weighted by Gasteiger charge is 1.50. The zero-order valence-corrected chi connectivity index (χ0v) is 5.86. The molecule has 3 N–H and O–H groups in total. The molecule has 0 spiro atoms. The van der Waals surface area contributed by atoms with Crippen molar-refractivity contribution < 1.29 is 4.79 Å². The number of rotatable bonds is 2. The van der Waals surface area contributed by atoms with Gasteiger partial charge >= 0.3 is 0 Å². The lowest BCUT2D eigenvalue weighted by molar-refractivity contribution is -0.108. The van der Waals surface area contributed by atoms with E-state index in [2.05, 4.69) is 24.2 Å². The highest BCUT2D eigenvalue weighted by molar-refractivity contribution is 5.85. The van der Waals surface area contributed by atoms with Gasteiger partial charge in [0.05, 0.1) is 0 Å². The average molecular weight is 151 g/mol. The fraction of sp³-hybridized carbons (Fsp3) is 0. The van der Waals surface area contributed by atoms with Crippen molar-refractivity contribution in [1.29, 1.82) is 0 Å². The van der Waals surface area contributed by atoms with E-state index in [-0.39, 0.29) is 12.4 Å². The molecule has 1 amide bonds. The van der Waals surface area contributed by atoms with Gasteiger partial charge in [-0.25, -0.2) is 0 Å². The minimum absolute atomic E-state index is 0. The predicted molar refractivity (Wildman–Crippen MR) is 41.0 cm³/mol. The van der Waals surface area contributed by atoms with Gasteiger partial charge in [-0.2, -0.15) is 0 Å². The predicted octanol–water partition coefficient (Wildman–Crippen LogP) is 0.386. The quantitative estimate of drug-likeness (QED) is 0.560. The number of hydrogen-bond donors (Lipinski definition) is 2. The lowest BCUT2D eigenvalue weighted by atomic mass is 11.0. The smallest absolute Gasteiger partial charge is 0.211 e. The Balaban J connectivity index is -0.0000000800. The van der Waals surface area contributed by atoms with Crippen molar-refractivity contribution >= 4 is 18.8 Å². The van der Waals surface area contributed by atoms with Crippen LogP contribution in [0.4, 0.5) is 0 Å². The molecule has 0 aromatic rings. The molecule has 0 fully saturated rings. The summed E-state index contributed by atoms with van der Waals surface area (Å²) in [6.07, 6.45) is 3.12. The summed E-state index contributed by atoms with van der Waals surface area (Å²) in [7, 11) is 0. The molecule has 0 rings (SSSR count). The molecule has 0 aromatic carbocycles. The number of hydrogen-bond acceptors (Lipinski definition) is 2. The Morgan fingerprint density at radius 3 is 1.78 bits per heavy atom. The van der Waals surface area contributed by atoms with Crippen molar-refractivity contribution in [2.75, 3.05) is 0 Å². The van der Waals surface area contributed by atoms with Crippen molar-refractivity contribution in [2.45, 2.75) is 0 Å². The van der Waals surface area contributed by atoms with E-state index in [1.807, 2.05) is 0 Å². The Hall–Kier alpha value is -0.960. The minimum Gasteiger partial charge on any atom is -0.405 e. The van der Waals surface area contributed by atoms with Gasteiger partial charge in [-0.05, 0) is 12.4 Å². The molecule has 0 radical (unpaired) electrons. The SMILES string of the molecule is C=CN.C=CNC=O.Cl. The van der Waals surface area contributed by atoms with E-state index in [0.717, 1.165) is 0 Å². The van der Waals surface area contributed by atoms with E-state index in [9.17, 15) is 4.79 Å². The van der Waals surface area contributed by atoms with Crippen LogP contribution in [-0.4, -0.2) is 6.41 Å². The minimum atomic E-state index is 0. The highest BCUT2D eigenvalue weighted by atomic mass is 35.5. The van der Waals surface area contributed by atoms with Crippen LogP contribution in [-0.2, 0) is 4.79 Å². The lowest BCUT2D eigenvalue weighted by Crippen LogP contribution is -1.96. The maximum absolute atomic E-state index is 9.22. The number of nitrogens with one attached hydrogen (secondary N) is 1. The van der Waals surface area contributed by atoms with E-state index in [4.69, 9.17) is 0 Å².